The van der Waals surface area contributed by atoms with Crippen molar-refractivity contribution in [3.05, 3.63) is 0 Å². The molecule has 1 N–H and O–H groups in total. The van der Waals surface area contributed by atoms with Crippen LogP contribution in [-0.4, -0.2) is 11.9 Å². The lowest BCUT2D eigenvalue weighted by Crippen LogP contribution is -1.93. The maximum absolute atomic E-state index is 6.35. The van der Waals surface area contributed by atoms with Crippen molar-refractivity contribution in [3.8, 4) is 0 Å². The summed E-state index contributed by atoms with van der Waals surface area (Å²) in [4.78, 5) is 3.95. The highest BCUT2D eigenvalue weighted by molar-refractivity contribution is 7.79. The average molecular weight is 103 g/mol. The summed E-state index contributed by atoms with van der Waals surface area (Å²) in [6, 6.07) is 0. The first-order valence-electron chi connectivity index (χ1n) is 1.16. The Labute approximate surface area is 40.8 Å². The molecule has 0 bridgehead atoms. The molecule has 3 nitrogen and oxygen atoms in total. The van der Waals surface area contributed by atoms with E-state index in [0.717, 1.165) is 0 Å². The molecule has 0 aromatic heterocycles. The first kappa shape index (κ1) is 5.36. The third kappa shape index (κ3) is 3.36. The van der Waals surface area contributed by atoms with Crippen LogP contribution in [0.3, 0.4) is 0 Å². The molecule has 33 valence electrons. The van der Waals surface area contributed by atoms with Crippen LogP contribution in [0.15, 0.2) is 5.16 Å². The van der Waals surface area contributed by atoms with Gasteiger partial charge in [0.1, 0.15) is 0 Å². The van der Waals surface area contributed by atoms with Gasteiger partial charge in [0.15, 0.2) is 0 Å². The summed E-state index contributed by atoms with van der Waals surface area (Å²) >= 11 is 4.11. The summed E-state index contributed by atoms with van der Waals surface area (Å²) in [6.45, 7) is 2.92. The maximum Gasteiger partial charge on any atom is 0.307 e. The molecular weight excluding hydrogens is 100 g/mol. The second-order valence-electron chi connectivity index (χ2n) is 0.508. The van der Waals surface area contributed by atoms with Gasteiger partial charge in [-0.05, 0) is 12.2 Å². The van der Waals surface area contributed by atoms with Crippen LogP contribution in [0.4, 0.5) is 0 Å². The lowest BCUT2D eigenvalue weighted by Gasteiger charge is -1.83. The van der Waals surface area contributed by atoms with Gasteiger partial charge in [0.25, 0.3) is 0 Å². The Morgan fingerprint density at radius 2 is 2.50 bits per heavy atom. The minimum atomic E-state index is -0.356. The van der Waals surface area contributed by atoms with Crippen molar-refractivity contribution < 1.29 is 4.84 Å². The Kier molecular flexibility index (Phi) is 2.31. The number of oxime groups is 1. The van der Waals surface area contributed by atoms with Crippen molar-refractivity contribution >= 4 is 24.1 Å². The van der Waals surface area contributed by atoms with Gasteiger partial charge < -0.3 is 4.84 Å². The number of hydrogen-bond donors (Lipinski definition) is 0. The molecule has 4 heteroatoms. The SMILES string of the molecule is C=NOC([NH])=S. The van der Waals surface area contributed by atoms with Gasteiger partial charge in [-0.1, -0.05) is 5.16 Å². The van der Waals surface area contributed by atoms with E-state index in [1.165, 1.54) is 0 Å². The molecule has 0 aliphatic heterocycles. The molecular formula is C2H3N2OS. The monoisotopic (exact) mass is 103 g/mol. The van der Waals surface area contributed by atoms with Gasteiger partial charge in [0.2, 0.25) is 0 Å². The van der Waals surface area contributed by atoms with E-state index in [2.05, 4.69) is 28.9 Å². The lowest BCUT2D eigenvalue weighted by molar-refractivity contribution is 0.335. The zero-order chi connectivity index (χ0) is 4.99. The summed E-state index contributed by atoms with van der Waals surface area (Å²) in [7, 11) is 0. The smallest absolute Gasteiger partial charge is 0.307 e. The van der Waals surface area contributed by atoms with Gasteiger partial charge in [-0.15, -0.1) is 0 Å². The van der Waals surface area contributed by atoms with Gasteiger partial charge in [-0.25, -0.2) is 0 Å². The topological polar surface area (TPSA) is 45.4 Å². The Morgan fingerprint density at radius 1 is 2.00 bits per heavy atom. The molecule has 0 heterocycles. The standard InChI is InChI=1S/C2H3N2OS/c1-4-5-2(3)6/h3H,1H2. The first-order chi connectivity index (χ1) is 2.77. The molecule has 0 unspecified atom stereocenters. The molecule has 0 rings (SSSR count). The summed E-state index contributed by atoms with van der Waals surface area (Å²) in [5.74, 6) is 0. The van der Waals surface area contributed by atoms with E-state index in [4.69, 9.17) is 5.73 Å². The molecule has 0 aromatic carbocycles. The minimum Gasteiger partial charge on any atom is -0.325 e. The summed E-state index contributed by atoms with van der Waals surface area (Å²) < 4.78 is 0. The van der Waals surface area contributed by atoms with Crippen molar-refractivity contribution in [1.29, 1.82) is 0 Å². The van der Waals surface area contributed by atoms with E-state index in [1.54, 1.807) is 0 Å². The number of thiocarbonyl (C=S) groups is 1. The van der Waals surface area contributed by atoms with Crippen LogP contribution in [0.25, 0.3) is 0 Å². The minimum absolute atomic E-state index is 0.356. The molecule has 0 spiro atoms. The van der Waals surface area contributed by atoms with Crippen molar-refractivity contribution in [1.82, 2.24) is 5.73 Å². The van der Waals surface area contributed by atoms with E-state index in [9.17, 15) is 0 Å². The van der Waals surface area contributed by atoms with E-state index in [1.807, 2.05) is 0 Å². The normalized spacial score (nSPS) is 6.67. The van der Waals surface area contributed by atoms with Gasteiger partial charge in [0, 0.05) is 6.72 Å². The fraction of sp³-hybridized carbons (Fsp3) is 0. The first-order valence-corrected chi connectivity index (χ1v) is 1.57. The molecule has 0 amide bonds. The number of hydrogen-bond acceptors (Lipinski definition) is 3. The quantitative estimate of drug-likeness (QED) is 0.270. The van der Waals surface area contributed by atoms with Crippen LogP contribution in [0.1, 0.15) is 0 Å². The molecule has 0 saturated heterocycles. The Hall–Kier alpha value is -0.640. The molecule has 0 aromatic rings. The summed E-state index contributed by atoms with van der Waals surface area (Å²) in [5.41, 5.74) is 6.35. The highest BCUT2D eigenvalue weighted by atomic mass is 32.1. The van der Waals surface area contributed by atoms with Crippen molar-refractivity contribution in [3.63, 3.8) is 0 Å². The third-order valence-electron chi connectivity index (χ3n) is 0.147. The van der Waals surface area contributed by atoms with Crippen molar-refractivity contribution in [2.75, 3.05) is 0 Å². The van der Waals surface area contributed by atoms with E-state index < -0.39 is 0 Å². The zero-order valence-electron chi connectivity index (χ0n) is 2.97. The van der Waals surface area contributed by atoms with Crippen LogP contribution in [0.2, 0.25) is 0 Å². The molecule has 1 radical (unpaired) electrons. The largest absolute Gasteiger partial charge is 0.325 e. The molecule has 0 atom stereocenters. The van der Waals surface area contributed by atoms with E-state index >= 15 is 0 Å². The highest BCUT2D eigenvalue weighted by Crippen LogP contribution is 1.70. The van der Waals surface area contributed by atoms with Crippen LogP contribution in [0.5, 0.6) is 0 Å². The van der Waals surface area contributed by atoms with Gasteiger partial charge in [0.05, 0.1) is 0 Å². The van der Waals surface area contributed by atoms with Crippen molar-refractivity contribution in [2.45, 2.75) is 0 Å². The molecule has 6 heavy (non-hydrogen) atoms. The third-order valence-corrected chi connectivity index (χ3v) is 0.222. The van der Waals surface area contributed by atoms with Gasteiger partial charge in [-0.3, -0.25) is 5.73 Å². The molecule has 0 saturated carbocycles. The fourth-order valence-electron chi connectivity index (χ4n) is 0.0586. The molecule has 0 aliphatic rings. The van der Waals surface area contributed by atoms with E-state index in [0.29, 0.717) is 0 Å². The average Bonchev–Trinajstić information content (AvgIpc) is 1.35. The predicted molar refractivity (Wildman–Crippen MR) is 26.3 cm³/mol. The lowest BCUT2D eigenvalue weighted by atomic mass is 11.4. The second kappa shape index (κ2) is 2.59. The number of rotatable bonds is 1. The van der Waals surface area contributed by atoms with E-state index in [-0.39, 0.29) is 5.17 Å². The molecule has 0 aliphatic carbocycles. The predicted octanol–water partition coefficient (Wildman–Crippen LogP) is 0.186. The van der Waals surface area contributed by atoms with Crippen LogP contribution >= 0.6 is 12.2 Å². The summed E-state index contributed by atoms with van der Waals surface area (Å²) in [6.07, 6.45) is 0. The van der Waals surface area contributed by atoms with Crippen molar-refractivity contribution in [2.24, 2.45) is 5.16 Å². The van der Waals surface area contributed by atoms with Crippen LogP contribution in [-0.2, 0) is 4.84 Å². The Bertz CT molecular complexity index is 71.9. The Morgan fingerprint density at radius 3 is 2.50 bits per heavy atom. The second-order valence-corrected chi connectivity index (χ2v) is 0.879. The highest BCUT2D eigenvalue weighted by Gasteiger charge is 1.77. The number of nitrogens with zero attached hydrogens (tertiary/aromatic N) is 1. The van der Waals surface area contributed by atoms with Gasteiger partial charge in [-0.2, -0.15) is 0 Å². The van der Waals surface area contributed by atoms with Crippen LogP contribution in [0, 0.1) is 0 Å². The molecule has 0 fully saturated rings. The maximum atomic E-state index is 6.35. The number of nitrogens with one attached hydrogen (secondary N) is 1. The van der Waals surface area contributed by atoms with Gasteiger partial charge >= 0.3 is 5.17 Å². The fourth-order valence-corrected chi connectivity index (χ4v) is 0.111. The van der Waals surface area contributed by atoms with Crippen LogP contribution < -0.4 is 5.73 Å². The zero-order valence-corrected chi connectivity index (χ0v) is 3.79. The Balaban J connectivity index is 3.05. The summed E-state index contributed by atoms with van der Waals surface area (Å²) in [5, 5.41) is 2.50.